The molecule has 0 unspecified atom stereocenters. The number of benzene rings is 2. The minimum absolute atomic E-state index is 0.152. The van der Waals surface area contributed by atoms with E-state index in [1.165, 1.54) is 20.1 Å². The number of aryl methyl sites for hydroxylation is 1. The fourth-order valence-electron chi connectivity index (χ4n) is 2.18. The van der Waals surface area contributed by atoms with Crippen LogP contribution in [0.4, 0.5) is 11.4 Å². The number of hydrogen-bond acceptors (Lipinski definition) is 4. The molecule has 0 saturated heterocycles. The minimum Gasteiger partial charge on any atom is -0.495 e. The van der Waals surface area contributed by atoms with Gasteiger partial charge in [0.2, 0.25) is 15.9 Å². The van der Waals surface area contributed by atoms with Crippen LogP contribution < -0.4 is 14.8 Å². The fourth-order valence-corrected chi connectivity index (χ4v) is 3.37. The molecule has 0 bridgehead atoms. The summed E-state index contributed by atoms with van der Waals surface area (Å²) in [6, 6.07) is 12.0. The lowest BCUT2D eigenvalue weighted by molar-refractivity contribution is -0.114. The Morgan fingerprint density at radius 1 is 1.12 bits per heavy atom. The summed E-state index contributed by atoms with van der Waals surface area (Å²) in [6.45, 7) is 3.32. The number of anilines is 2. The Morgan fingerprint density at radius 2 is 1.79 bits per heavy atom. The van der Waals surface area contributed by atoms with Gasteiger partial charge >= 0.3 is 0 Å². The molecule has 0 aromatic heterocycles. The van der Waals surface area contributed by atoms with Crippen LogP contribution in [0.15, 0.2) is 42.5 Å². The van der Waals surface area contributed by atoms with Crippen molar-refractivity contribution in [3.63, 3.8) is 0 Å². The number of sulfonamides is 1. The summed E-state index contributed by atoms with van der Waals surface area (Å²) in [4.78, 5) is 11.2. The molecule has 128 valence electrons. The third-order valence-corrected chi connectivity index (χ3v) is 4.51. The maximum atomic E-state index is 12.4. The predicted molar refractivity (Wildman–Crippen MR) is 94.7 cm³/mol. The molecule has 7 heteroatoms. The van der Waals surface area contributed by atoms with E-state index in [0.717, 1.165) is 5.56 Å². The molecular weight excluding hydrogens is 328 g/mol. The highest BCUT2D eigenvalue weighted by Crippen LogP contribution is 2.29. The monoisotopic (exact) mass is 348 g/mol. The Hall–Kier alpha value is -2.54. The molecule has 0 fully saturated rings. The van der Waals surface area contributed by atoms with E-state index in [0.29, 0.717) is 17.0 Å². The van der Waals surface area contributed by atoms with E-state index in [9.17, 15) is 13.2 Å². The van der Waals surface area contributed by atoms with Gasteiger partial charge in [-0.25, -0.2) is 8.42 Å². The minimum atomic E-state index is -3.62. The van der Waals surface area contributed by atoms with Gasteiger partial charge in [0.05, 0.1) is 18.6 Å². The molecule has 0 atom stereocenters. The largest absolute Gasteiger partial charge is 0.495 e. The average Bonchev–Trinajstić information content (AvgIpc) is 2.48. The Balaban J connectivity index is 2.23. The second-order valence-electron chi connectivity index (χ2n) is 5.44. The first kappa shape index (κ1) is 17.8. The molecule has 1 amide bonds. The second-order valence-corrected chi connectivity index (χ2v) is 7.17. The Kier molecular flexibility index (Phi) is 5.46. The van der Waals surface area contributed by atoms with Gasteiger partial charge in [-0.2, -0.15) is 0 Å². The first-order chi connectivity index (χ1) is 11.3. The van der Waals surface area contributed by atoms with Crippen LogP contribution >= 0.6 is 0 Å². The lowest BCUT2D eigenvalue weighted by Crippen LogP contribution is -2.16. The van der Waals surface area contributed by atoms with Crippen LogP contribution in [-0.2, 0) is 20.6 Å². The van der Waals surface area contributed by atoms with Gasteiger partial charge in [0.25, 0.3) is 0 Å². The van der Waals surface area contributed by atoms with Crippen molar-refractivity contribution < 1.29 is 17.9 Å². The SMILES string of the molecule is COc1ccc(NC(C)=O)cc1NS(=O)(=O)Cc1ccc(C)cc1. The van der Waals surface area contributed by atoms with Crippen LogP contribution in [0.3, 0.4) is 0 Å². The summed E-state index contributed by atoms with van der Waals surface area (Å²) in [5.41, 5.74) is 2.51. The quantitative estimate of drug-likeness (QED) is 0.841. The van der Waals surface area contributed by atoms with Gasteiger partial charge in [-0.1, -0.05) is 29.8 Å². The van der Waals surface area contributed by atoms with E-state index in [1.807, 2.05) is 19.1 Å². The molecule has 0 radical (unpaired) electrons. The van der Waals surface area contributed by atoms with Crippen molar-refractivity contribution in [3.05, 3.63) is 53.6 Å². The third-order valence-electron chi connectivity index (χ3n) is 3.26. The van der Waals surface area contributed by atoms with Crippen molar-refractivity contribution in [1.82, 2.24) is 0 Å². The molecule has 0 spiro atoms. The molecule has 0 aliphatic rings. The van der Waals surface area contributed by atoms with E-state index in [-0.39, 0.29) is 17.3 Å². The normalized spacial score (nSPS) is 11.0. The maximum Gasteiger partial charge on any atom is 0.237 e. The number of rotatable bonds is 6. The highest BCUT2D eigenvalue weighted by atomic mass is 32.2. The number of nitrogens with one attached hydrogen (secondary N) is 2. The van der Waals surface area contributed by atoms with Crippen molar-refractivity contribution >= 4 is 27.3 Å². The highest BCUT2D eigenvalue weighted by Gasteiger charge is 2.15. The van der Waals surface area contributed by atoms with Gasteiger partial charge in [0.1, 0.15) is 5.75 Å². The number of ether oxygens (including phenoxy) is 1. The lowest BCUT2D eigenvalue weighted by atomic mass is 10.2. The van der Waals surface area contributed by atoms with Gasteiger partial charge < -0.3 is 10.1 Å². The zero-order valence-corrected chi connectivity index (χ0v) is 14.6. The number of amides is 1. The molecule has 0 saturated carbocycles. The smallest absolute Gasteiger partial charge is 0.237 e. The molecule has 24 heavy (non-hydrogen) atoms. The molecule has 2 rings (SSSR count). The molecule has 0 aliphatic heterocycles. The summed E-state index contributed by atoms with van der Waals surface area (Å²) >= 11 is 0. The topological polar surface area (TPSA) is 84.5 Å². The highest BCUT2D eigenvalue weighted by molar-refractivity contribution is 7.91. The maximum absolute atomic E-state index is 12.4. The molecule has 2 N–H and O–H groups in total. The van der Waals surface area contributed by atoms with Crippen molar-refractivity contribution in [2.45, 2.75) is 19.6 Å². The standard InChI is InChI=1S/C17H20N2O4S/c1-12-4-6-14(7-5-12)11-24(21,22)19-16-10-15(18-13(2)20)8-9-17(16)23-3/h4-10,19H,11H2,1-3H3,(H,18,20). The first-order valence-corrected chi connectivity index (χ1v) is 8.96. The third kappa shape index (κ3) is 4.99. The van der Waals surface area contributed by atoms with Crippen LogP contribution in [0.1, 0.15) is 18.1 Å². The summed E-state index contributed by atoms with van der Waals surface area (Å²) in [6.07, 6.45) is 0. The average molecular weight is 348 g/mol. The molecule has 0 heterocycles. The predicted octanol–water partition coefficient (Wildman–Crippen LogP) is 2.90. The van der Waals surface area contributed by atoms with Gasteiger partial charge in [-0.05, 0) is 30.7 Å². The van der Waals surface area contributed by atoms with Crippen molar-refractivity contribution in [2.75, 3.05) is 17.1 Å². The Labute approximate surface area is 141 Å². The van der Waals surface area contributed by atoms with E-state index in [2.05, 4.69) is 10.0 Å². The summed E-state index contributed by atoms with van der Waals surface area (Å²) in [5.74, 6) is -0.0222. The van der Waals surface area contributed by atoms with E-state index >= 15 is 0 Å². The molecule has 2 aromatic rings. The van der Waals surface area contributed by atoms with Crippen LogP contribution in [0.5, 0.6) is 5.75 Å². The fraction of sp³-hybridized carbons (Fsp3) is 0.235. The molecule has 2 aromatic carbocycles. The zero-order valence-electron chi connectivity index (χ0n) is 13.8. The summed E-state index contributed by atoms with van der Waals surface area (Å²) < 4.78 is 32.5. The number of hydrogen-bond donors (Lipinski definition) is 2. The first-order valence-electron chi connectivity index (χ1n) is 7.31. The van der Waals surface area contributed by atoms with Gasteiger partial charge in [-0.15, -0.1) is 0 Å². The second kappa shape index (κ2) is 7.35. The Bertz CT molecular complexity index is 830. The number of carbonyl (C=O) groups is 1. The summed E-state index contributed by atoms with van der Waals surface area (Å²) in [5, 5.41) is 2.61. The summed E-state index contributed by atoms with van der Waals surface area (Å²) in [7, 11) is -2.17. The van der Waals surface area contributed by atoms with E-state index in [4.69, 9.17) is 4.74 Å². The van der Waals surface area contributed by atoms with Crippen molar-refractivity contribution in [2.24, 2.45) is 0 Å². The van der Waals surface area contributed by atoms with Gasteiger partial charge in [0, 0.05) is 12.6 Å². The molecule has 6 nitrogen and oxygen atoms in total. The lowest BCUT2D eigenvalue weighted by Gasteiger charge is -2.13. The molecule has 0 aliphatic carbocycles. The zero-order chi connectivity index (χ0) is 17.7. The van der Waals surface area contributed by atoms with Crippen LogP contribution in [-0.4, -0.2) is 21.4 Å². The van der Waals surface area contributed by atoms with Crippen molar-refractivity contribution in [1.29, 1.82) is 0 Å². The van der Waals surface area contributed by atoms with Crippen LogP contribution in [0.2, 0.25) is 0 Å². The molecular formula is C17H20N2O4S. The number of methoxy groups -OCH3 is 1. The van der Waals surface area contributed by atoms with Gasteiger partial charge in [0.15, 0.2) is 0 Å². The van der Waals surface area contributed by atoms with Crippen LogP contribution in [0.25, 0.3) is 0 Å². The van der Waals surface area contributed by atoms with Gasteiger partial charge in [-0.3, -0.25) is 9.52 Å². The van der Waals surface area contributed by atoms with Crippen LogP contribution in [0, 0.1) is 6.92 Å². The van der Waals surface area contributed by atoms with E-state index in [1.54, 1.807) is 24.3 Å². The number of carbonyl (C=O) groups excluding carboxylic acids is 1. The Morgan fingerprint density at radius 3 is 2.38 bits per heavy atom. The van der Waals surface area contributed by atoms with Crippen molar-refractivity contribution in [3.8, 4) is 5.75 Å². The van der Waals surface area contributed by atoms with E-state index < -0.39 is 10.0 Å².